The summed E-state index contributed by atoms with van der Waals surface area (Å²) in [5.74, 6) is -1.66. The van der Waals surface area contributed by atoms with Gasteiger partial charge < -0.3 is 0 Å². The van der Waals surface area contributed by atoms with Gasteiger partial charge in [0.1, 0.15) is 0 Å². The zero-order chi connectivity index (χ0) is 10.8. The minimum absolute atomic E-state index is 0.645. The molecule has 1 radical (unpaired) electrons. The molecule has 2 rings (SSSR count). The summed E-state index contributed by atoms with van der Waals surface area (Å²) < 4.78 is 25.7. The lowest BCUT2D eigenvalue weighted by atomic mass is 10.0. The van der Waals surface area contributed by atoms with Gasteiger partial charge in [-0.2, -0.15) is 0 Å². The van der Waals surface area contributed by atoms with Gasteiger partial charge in [0.25, 0.3) is 0 Å². The lowest BCUT2D eigenvalue weighted by Crippen LogP contribution is -1.87. The van der Waals surface area contributed by atoms with E-state index < -0.39 is 11.6 Å². The molecular weight excluding hydrogens is 194 g/mol. The third kappa shape index (κ3) is 1.89. The van der Waals surface area contributed by atoms with Crippen LogP contribution in [0.15, 0.2) is 36.4 Å². The summed E-state index contributed by atoms with van der Waals surface area (Å²) in [5, 5.41) is 0. The van der Waals surface area contributed by atoms with Crippen molar-refractivity contribution >= 4 is 0 Å². The monoisotopic (exact) mass is 203 g/mol. The first kappa shape index (κ1) is 9.84. The number of hydrogen-bond donors (Lipinski definition) is 0. The topological polar surface area (TPSA) is 0 Å². The van der Waals surface area contributed by atoms with Gasteiger partial charge in [-0.15, -0.1) is 0 Å². The minimum Gasteiger partial charge on any atom is -0.204 e. The zero-order valence-electron chi connectivity index (χ0n) is 8.22. The molecule has 15 heavy (non-hydrogen) atoms. The third-order valence-electron chi connectivity index (χ3n) is 2.27. The van der Waals surface area contributed by atoms with E-state index in [-0.39, 0.29) is 0 Å². The van der Waals surface area contributed by atoms with Crippen molar-refractivity contribution in [2.45, 2.75) is 6.92 Å². The van der Waals surface area contributed by atoms with Crippen molar-refractivity contribution in [3.05, 3.63) is 59.7 Å². The maximum atomic E-state index is 13.0. The third-order valence-corrected chi connectivity index (χ3v) is 2.27. The smallest absolute Gasteiger partial charge is 0.159 e. The van der Waals surface area contributed by atoms with Crippen LogP contribution in [0.25, 0.3) is 11.1 Å². The molecule has 0 aliphatic carbocycles. The molecule has 0 saturated heterocycles. The fraction of sp³-hybridized carbons (Fsp3) is 0.0769. The summed E-state index contributed by atoms with van der Waals surface area (Å²) in [6, 6.07) is 12.4. The molecule has 0 aromatic heterocycles. The second kappa shape index (κ2) is 3.81. The van der Waals surface area contributed by atoms with Crippen molar-refractivity contribution < 1.29 is 8.78 Å². The fourth-order valence-corrected chi connectivity index (χ4v) is 1.48. The SMILES string of the molecule is Cc1ccc[c]c1-c1ccc(F)c(F)c1. The van der Waals surface area contributed by atoms with E-state index in [9.17, 15) is 8.78 Å². The van der Waals surface area contributed by atoms with E-state index in [1.165, 1.54) is 6.07 Å². The Bertz CT molecular complexity index is 490. The number of rotatable bonds is 1. The Morgan fingerprint density at radius 2 is 1.87 bits per heavy atom. The first-order valence-corrected chi connectivity index (χ1v) is 4.61. The van der Waals surface area contributed by atoms with Crippen LogP contribution in [0, 0.1) is 24.6 Å². The summed E-state index contributed by atoms with van der Waals surface area (Å²) in [5.41, 5.74) is 2.44. The van der Waals surface area contributed by atoms with E-state index in [4.69, 9.17) is 0 Å². The summed E-state index contributed by atoms with van der Waals surface area (Å²) in [7, 11) is 0. The molecule has 0 heterocycles. The molecule has 75 valence electrons. The van der Waals surface area contributed by atoms with Crippen LogP contribution in [-0.4, -0.2) is 0 Å². The molecule has 2 aromatic rings. The highest BCUT2D eigenvalue weighted by Gasteiger charge is 2.05. The van der Waals surface area contributed by atoms with Crippen molar-refractivity contribution in [1.82, 2.24) is 0 Å². The molecule has 0 unspecified atom stereocenters. The Hall–Kier alpha value is -1.70. The molecule has 2 aromatic carbocycles. The normalized spacial score (nSPS) is 10.3. The summed E-state index contributed by atoms with van der Waals surface area (Å²) in [4.78, 5) is 0. The molecule has 0 N–H and O–H groups in total. The van der Waals surface area contributed by atoms with Crippen LogP contribution in [0.2, 0.25) is 0 Å². The lowest BCUT2D eigenvalue weighted by molar-refractivity contribution is 0.509. The molecule has 0 bridgehead atoms. The van der Waals surface area contributed by atoms with Crippen molar-refractivity contribution in [3.8, 4) is 11.1 Å². The van der Waals surface area contributed by atoms with Gasteiger partial charge in [-0.1, -0.05) is 24.3 Å². The van der Waals surface area contributed by atoms with Crippen molar-refractivity contribution in [1.29, 1.82) is 0 Å². The second-order valence-corrected chi connectivity index (χ2v) is 3.36. The molecular formula is C13H9F2. The Morgan fingerprint density at radius 3 is 2.53 bits per heavy atom. The van der Waals surface area contributed by atoms with Crippen molar-refractivity contribution in [3.63, 3.8) is 0 Å². The molecule has 0 amide bonds. The largest absolute Gasteiger partial charge is 0.204 e. The van der Waals surface area contributed by atoms with Gasteiger partial charge in [-0.05, 0) is 41.8 Å². The second-order valence-electron chi connectivity index (χ2n) is 3.36. The van der Waals surface area contributed by atoms with E-state index in [0.29, 0.717) is 5.56 Å². The van der Waals surface area contributed by atoms with Gasteiger partial charge >= 0.3 is 0 Å². The van der Waals surface area contributed by atoms with Gasteiger partial charge in [-0.25, -0.2) is 8.78 Å². The molecule has 0 spiro atoms. The molecule has 0 aliphatic heterocycles. The maximum Gasteiger partial charge on any atom is 0.159 e. The average molecular weight is 203 g/mol. The predicted molar refractivity (Wildman–Crippen MR) is 55.4 cm³/mol. The molecule has 2 heteroatoms. The number of aryl methyl sites for hydroxylation is 1. The van der Waals surface area contributed by atoms with E-state index >= 15 is 0 Å². The Balaban J connectivity index is 2.55. The summed E-state index contributed by atoms with van der Waals surface area (Å²) in [6.45, 7) is 1.91. The van der Waals surface area contributed by atoms with Crippen LogP contribution in [-0.2, 0) is 0 Å². The fourth-order valence-electron chi connectivity index (χ4n) is 1.48. The van der Waals surface area contributed by atoms with Gasteiger partial charge in [0.15, 0.2) is 11.6 Å². The Kier molecular flexibility index (Phi) is 2.50. The average Bonchev–Trinajstić information content (AvgIpc) is 2.23. The van der Waals surface area contributed by atoms with Gasteiger partial charge in [0, 0.05) is 0 Å². The van der Waals surface area contributed by atoms with Crippen LogP contribution in [0.5, 0.6) is 0 Å². The molecule has 0 atom stereocenters. The first-order valence-electron chi connectivity index (χ1n) is 4.61. The molecule has 0 nitrogen and oxygen atoms in total. The van der Waals surface area contributed by atoms with Gasteiger partial charge in [0.2, 0.25) is 0 Å². The van der Waals surface area contributed by atoms with Crippen LogP contribution in [0.4, 0.5) is 8.78 Å². The van der Waals surface area contributed by atoms with Gasteiger partial charge in [-0.3, -0.25) is 0 Å². The summed E-state index contributed by atoms with van der Waals surface area (Å²) >= 11 is 0. The van der Waals surface area contributed by atoms with E-state index in [1.54, 1.807) is 12.1 Å². The van der Waals surface area contributed by atoms with Crippen LogP contribution >= 0.6 is 0 Å². The number of halogens is 2. The standard InChI is InChI=1S/C13H9F2/c1-9-4-2-3-5-11(9)10-6-7-12(14)13(15)8-10/h2-4,6-8H,1H3. The van der Waals surface area contributed by atoms with Crippen LogP contribution in [0.3, 0.4) is 0 Å². The van der Waals surface area contributed by atoms with E-state index in [2.05, 4.69) is 6.07 Å². The van der Waals surface area contributed by atoms with Crippen molar-refractivity contribution in [2.24, 2.45) is 0 Å². The Labute approximate surface area is 87.2 Å². The molecule has 0 saturated carbocycles. The van der Waals surface area contributed by atoms with E-state index in [1.807, 2.05) is 19.1 Å². The lowest BCUT2D eigenvalue weighted by Gasteiger charge is -2.05. The highest BCUT2D eigenvalue weighted by Crippen LogP contribution is 2.23. The first-order chi connectivity index (χ1) is 7.18. The zero-order valence-corrected chi connectivity index (χ0v) is 8.22. The molecule has 0 aliphatic rings. The Morgan fingerprint density at radius 1 is 1.07 bits per heavy atom. The van der Waals surface area contributed by atoms with Crippen molar-refractivity contribution in [2.75, 3.05) is 0 Å². The number of hydrogen-bond acceptors (Lipinski definition) is 0. The summed E-state index contributed by atoms with van der Waals surface area (Å²) in [6.07, 6.45) is 0. The van der Waals surface area contributed by atoms with Gasteiger partial charge in [0.05, 0.1) is 0 Å². The van der Waals surface area contributed by atoms with Crippen LogP contribution < -0.4 is 0 Å². The van der Waals surface area contributed by atoms with E-state index in [0.717, 1.165) is 17.2 Å². The molecule has 0 fully saturated rings. The highest BCUT2D eigenvalue weighted by atomic mass is 19.2. The van der Waals surface area contributed by atoms with Crippen LogP contribution in [0.1, 0.15) is 5.56 Å². The number of benzene rings is 2. The minimum atomic E-state index is -0.829. The predicted octanol–water partition coefficient (Wildman–Crippen LogP) is 3.74. The maximum absolute atomic E-state index is 13.0. The quantitative estimate of drug-likeness (QED) is 0.662. The highest BCUT2D eigenvalue weighted by molar-refractivity contribution is 5.66.